The normalized spacial score (nSPS) is 11.5. The van der Waals surface area contributed by atoms with Gasteiger partial charge in [0.05, 0.1) is 0 Å². The lowest BCUT2D eigenvalue weighted by molar-refractivity contribution is 0.101. The molecule has 0 bridgehead atoms. The third-order valence-corrected chi connectivity index (χ3v) is 4.57. The van der Waals surface area contributed by atoms with E-state index in [1.165, 1.54) is 24.6 Å². The zero-order chi connectivity index (χ0) is 17.8. The van der Waals surface area contributed by atoms with E-state index < -0.39 is 0 Å². The van der Waals surface area contributed by atoms with Gasteiger partial charge < -0.3 is 5.11 Å². The van der Waals surface area contributed by atoms with Crippen LogP contribution in [0.4, 0.5) is 0 Å². The summed E-state index contributed by atoms with van der Waals surface area (Å²) in [5.74, 6) is -0.496. The molecule has 0 unspecified atom stereocenters. The van der Waals surface area contributed by atoms with Crippen LogP contribution in [0.15, 0.2) is 48.1 Å². The number of thiophene rings is 1. The number of carbonyl (C=O) groups is 2. The van der Waals surface area contributed by atoms with Crippen molar-refractivity contribution in [2.75, 3.05) is 0 Å². The standard InChI is InChI=1S/C18H15N3O3S/c1-11(22)13-4-2-12(3-5-13)8-17-14(6-7-25-17)15(23)9-16(24)18-19-10-20-21-18/h2-7,9-10,24H,8H2,1H3,(H,19,20,21). The van der Waals surface area contributed by atoms with Gasteiger partial charge in [-0.3, -0.25) is 14.7 Å². The van der Waals surface area contributed by atoms with Crippen LogP contribution in [-0.4, -0.2) is 31.9 Å². The van der Waals surface area contributed by atoms with Crippen molar-refractivity contribution in [1.82, 2.24) is 15.2 Å². The van der Waals surface area contributed by atoms with Crippen LogP contribution in [0, 0.1) is 0 Å². The van der Waals surface area contributed by atoms with Gasteiger partial charge in [-0.05, 0) is 23.9 Å². The Morgan fingerprint density at radius 2 is 2.00 bits per heavy atom. The number of Topliss-reactive ketones (excluding diaryl/α,β-unsaturated/α-hetero) is 1. The van der Waals surface area contributed by atoms with Crippen LogP contribution in [0.5, 0.6) is 0 Å². The van der Waals surface area contributed by atoms with Gasteiger partial charge in [0.1, 0.15) is 6.33 Å². The molecule has 126 valence electrons. The van der Waals surface area contributed by atoms with Crippen LogP contribution < -0.4 is 0 Å². The summed E-state index contributed by atoms with van der Waals surface area (Å²) >= 11 is 1.47. The second kappa shape index (κ2) is 7.23. The van der Waals surface area contributed by atoms with Crippen molar-refractivity contribution in [2.24, 2.45) is 0 Å². The van der Waals surface area contributed by atoms with Crippen molar-refractivity contribution >= 4 is 28.7 Å². The van der Waals surface area contributed by atoms with E-state index in [0.717, 1.165) is 16.5 Å². The summed E-state index contributed by atoms with van der Waals surface area (Å²) in [5.41, 5.74) is 2.19. The fourth-order valence-corrected chi connectivity index (χ4v) is 3.25. The summed E-state index contributed by atoms with van der Waals surface area (Å²) in [4.78, 5) is 28.4. The second-order valence-electron chi connectivity index (χ2n) is 5.40. The minimum absolute atomic E-state index is 0.0196. The van der Waals surface area contributed by atoms with E-state index in [0.29, 0.717) is 17.5 Å². The monoisotopic (exact) mass is 353 g/mol. The molecule has 0 saturated heterocycles. The molecular weight excluding hydrogens is 338 g/mol. The smallest absolute Gasteiger partial charge is 0.215 e. The number of ketones is 2. The van der Waals surface area contributed by atoms with E-state index in [1.807, 2.05) is 17.5 Å². The summed E-state index contributed by atoms with van der Waals surface area (Å²) in [5, 5.41) is 18.0. The van der Waals surface area contributed by atoms with Crippen LogP contribution in [0.3, 0.4) is 0 Å². The van der Waals surface area contributed by atoms with Gasteiger partial charge in [-0.2, -0.15) is 5.10 Å². The molecule has 0 radical (unpaired) electrons. The molecule has 1 aromatic carbocycles. The lowest BCUT2D eigenvalue weighted by atomic mass is 10.0. The number of nitrogens with one attached hydrogen (secondary N) is 1. The average Bonchev–Trinajstić information content (AvgIpc) is 3.27. The predicted molar refractivity (Wildman–Crippen MR) is 94.9 cm³/mol. The maximum absolute atomic E-state index is 12.4. The zero-order valence-electron chi connectivity index (χ0n) is 13.4. The largest absolute Gasteiger partial charge is 0.504 e. The fraction of sp³-hybridized carbons (Fsp3) is 0.111. The Bertz CT molecular complexity index is 925. The number of aromatic nitrogens is 3. The molecule has 25 heavy (non-hydrogen) atoms. The van der Waals surface area contributed by atoms with E-state index >= 15 is 0 Å². The molecule has 0 aliphatic rings. The summed E-state index contributed by atoms with van der Waals surface area (Å²) in [6.45, 7) is 1.53. The molecule has 2 aromatic heterocycles. The molecule has 0 fully saturated rings. The quantitative estimate of drug-likeness (QED) is 0.402. The third-order valence-electron chi connectivity index (χ3n) is 3.65. The second-order valence-corrected chi connectivity index (χ2v) is 6.40. The summed E-state index contributed by atoms with van der Waals surface area (Å²) in [6, 6.07) is 9.05. The first-order chi connectivity index (χ1) is 12.0. The first-order valence-corrected chi connectivity index (χ1v) is 8.40. The number of aliphatic hydroxyl groups is 1. The molecule has 7 heteroatoms. The van der Waals surface area contributed by atoms with E-state index in [9.17, 15) is 14.7 Å². The summed E-state index contributed by atoms with van der Waals surface area (Å²) in [7, 11) is 0. The number of rotatable bonds is 6. The Balaban J connectivity index is 1.79. The van der Waals surface area contributed by atoms with Crippen molar-refractivity contribution < 1.29 is 14.7 Å². The molecule has 0 amide bonds. The Morgan fingerprint density at radius 1 is 1.24 bits per heavy atom. The summed E-state index contributed by atoms with van der Waals surface area (Å²) < 4.78 is 0. The minimum Gasteiger partial charge on any atom is -0.504 e. The Labute approximate surface area is 147 Å². The van der Waals surface area contributed by atoms with Gasteiger partial charge in [-0.1, -0.05) is 24.3 Å². The van der Waals surface area contributed by atoms with Gasteiger partial charge >= 0.3 is 0 Å². The van der Waals surface area contributed by atoms with E-state index in [2.05, 4.69) is 15.2 Å². The van der Waals surface area contributed by atoms with Crippen LogP contribution in [0.2, 0.25) is 0 Å². The Morgan fingerprint density at radius 3 is 2.64 bits per heavy atom. The molecule has 2 N–H and O–H groups in total. The lowest BCUT2D eigenvalue weighted by Crippen LogP contribution is -2.00. The molecule has 0 aliphatic carbocycles. The molecular formula is C18H15N3O3S. The molecule has 3 aromatic rings. The lowest BCUT2D eigenvalue weighted by Gasteiger charge is -2.03. The zero-order valence-corrected chi connectivity index (χ0v) is 14.2. The van der Waals surface area contributed by atoms with Crippen LogP contribution in [-0.2, 0) is 6.42 Å². The van der Waals surface area contributed by atoms with Gasteiger partial charge in [-0.25, -0.2) is 4.98 Å². The number of hydrogen-bond acceptors (Lipinski definition) is 6. The van der Waals surface area contributed by atoms with Crippen molar-refractivity contribution in [2.45, 2.75) is 13.3 Å². The number of aromatic amines is 1. The molecule has 0 aliphatic heterocycles. The van der Waals surface area contributed by atoms with E-state index in [4.69, 9.17) is 0 Å². The topological polar surface area (TPSA) is 95.9 Å². The molecule has 0 atom stereocenters. The van der Waals surface area contributed by atoms with Crippen molar-refractivity contribution in [3.63, 3.8) is 0 Å². The van der Waals surface area contributed by atoms with Gasteiger partial charge in [0.25, 0.3) is 0 Å². The van der Waals surface area contributed by atoms with Crippen molar-refractivity contribution in [3.05, 3.63) is 75.5 Å². The number of nitrogens with zero attached hydrogens (tertiary/aromatic N) is 2. The molecule has 0 spiro atoms. The number of allylic oxidation sites excluding steroid dienone is 1. The average molecular weight is 353 g/mol. The number of benzene rings is 1. The van der Waals surface area contributed by atoms with E-state index in [-0.39, 0.29) is 23.2 Å². The highest BCUT2D eigenvalue weighted by Gasteiger charge is 2.14. The van der Waals surface area contributed by atoms with Gasteiger partial charge in [0.15, 0.2) is 17.3 Å². The number of aliphatic hydroxyl groups excluding tert-OH is 1. The third kappa shape index (κ3) is 3.89. The Hall–Kier alpha value is -3.06. The highest BCUT2D eigenvalue weighted by molar-refractivity contribution is 7.10. The van der Waals surface area contributed by atoms with Crippen LogP contribution >= 0.6 is 11.3 Å². The maximum atomic E-state index is 12.4. The van der Waals surface area contributed by atoms with Gasteiger partial charge in [-0.15, -0.1) is 11.3 Å². The maximum Gasteiger partial charge on any atom is 0.215 e. The molecule has 6 nitrogen and oxygen atoms in total. The SMILES string of the molecule is CC(=O)c1ccc(Cc2sccc2C(=O)C=C(O)c2nc[nH]n2)cc1. The number of hydrogen-bond donors (Lipinski definition) is 2. The van der Waals surface area contributed by atoms with Crippen molar-refractivity contribution in [1.29, 1.82) is 0 Å². The van der Waals surface area contributed by atoms with Crippen LogP contribution in [0.1, 0.15) is 43.9 Å². The fourth-order valence-electron chi connectivity index (χ4n) is 2.34. The first-order valence-electron chi connectivity index (χ1n) is 7.52. The Kier molecular flexibility index (Phi) is 4.85. The van der Waals surface area contributed by atoms with Crippen molar-refractivity contribution in [3.8, 4) is 0 Å². The van der Waals surface area contributed by atoms with Crippen LogP contribution in [0.25, 0.3) is 5.76 Å². The first kappa shape index (κ1) is 16.8. The highest BCUT2D eigenvalue weighted by Crippen LogP contribution is 2.23. The predicted octanol–water partition coefficient (Wildman–Crippen LogP) is 3.44. The number of H-pyrrole nitrogens is 1. The highest BCUT2D eigenvalue weighted by atomic mass is 32.1. The molecule has 2 heterocycles. The van der Waals surface area contributed by atoms with E-state index in [1.54, 1.807) is 18.2 Å². The summed E-state index contributed by atoms with van der Waals surface area (Å²) in [6.07, 6.45) is 3.02. The minimum atomic E-state index is -0.307. The van der Waals surface area contributed by atoms with Gasteiger partial charge in [0.2, 0.25) is 5.82 Å². The number of carbonyl (C=O) groups excluding carboxylic acids is 2. The molecule has 0 saturated carbocycles. The van der Waals surface area contributed by atoms with Gasteiger partial charge in [0, 0.05) is 28.5 Å². The molecule has 3 rings (SSSR count).